The zero-order valence-electron chi connectivity index (χ0n) is 10.7. The molecule has 96 valence electrons. The van der Waals surface area contributed by atoms with E-state index in [9.17, 15) is 0 Å². The van der Waals surface area contributed by atoms with Gasteiger partial charge in [0.05, 0.1) is 5.69 Å². The molecule has 0 atom stereocenters. The van der Waals surface area contributed by atoms with Gasteiger partial charge in [-0.2, -0.15) is 0 Å². The fraction of sp³-hybridized carbons (Fsp3) is 0.143. The Labute approximate surface area is 119 Å². The molecule has 2 aromatic heterocycles. The van der Waals surface area contributed by atoms with E-state index in [0.29, 0.717) is 5.95 Å². The SMILES string of the molecule is Cc1cc(-n2c(N)nc3c(C)ccnc32)ccc1Br. The van der Waals surface area contributed by atoms with Crippen LogP contribution < -0.4 is 5.73 Å². The lowest BCUT2D eigenvalue weighted by molar-refractivity contribution is 1.08. The molecular formula is C14H13BrN4. The van der Waals surface area contributed by atoms with Gasteiger partial charge in [-0.1, -0.05) is 15.9 Å². The molecule has 0 unspecified atom stereocenters. The monoisotopic (exact) mass is 316 g/mol. The first-order valence-electron chi connectivity index (χ1n) is 5.94. The second-order valence-electron chi connectivity index (χ2n) is 4.54. The summed E-state index contributed by atoms with van der Waals surface area (Å²) in [7, 11) is 0. The predicted octanol–water partition coefficient (Wildman–Crippen LogP) is 3.38. The number of benzene rings is 1. The molecule has 19 heavy (non-hydrogen) atoms. The number of hydrogen-bond donors (Lipinski definition) is 1. The molecule has 1 aromatic carbocycles. The number of rotatable bonds is 1. The third kappa shape index (κ3) is 1.90. The van der Waals surface area contributed by atoms with E-state index in [1.165, 1.54) is 0 Å². The number of aryl methyl sites for hydroxylation is 2. The zero-order chi connectivity index (χ0) is 13.6. The van der Waals surface area contributed by atoms with E-state index < -0.39 is 0 Å². The second-order valence-corrected chi connectivity index (χ2v) is 5.39. The standard InChI is InChI=1S/C14H13BrN4/c1-8-5-6-17-13-12(8)18-14(16)19(13)10-3-4-11(15)9(2)7-10/h3-7H,1-2H3,(H2,16,18). The van der Waals surface area contributed by atoms with Crippen LogP contribution in [0.5, 0.6) is 0 Å². The lowest BCUT2D eigenvalue weighted by Gasteiger charge is -2.08. The Morgan fingerprint density at radius 2 is 1.95 bits per heavy atom. The van der Waals surface area contributed by atoms with Crippen LogP contribution >= 0.6 is 15.9 Å². The number of pyridine rings is 1. The third-order valence-corrected chi connectivity index (χ3v) is 4.06. The summed E-state index contributed by atoms with van der Waals surface area (Å²) in [5.74, 6) is 0.457. The van der Waals surface area contributed by atoms with Gasteiger partial charge in [0.25, 0.3) is 0 Å². The Balaban J connectivity index is 2.33. The first-order valence-corrected chi connectivity index (χ1v) is 6.73. The smallest absolute Gasteiger partial charge is 0.207 e. The van der Waals surface area contributed by atoms with Crippen LogP contribution in [0.4, 0.5) is 5.95 Å². The van der Waals surface area contributed by atoms with E-state index in [4.69, 9.17) is 5.73 Å². The van der Waals surface area contributed by atoms with E-state index in [2.05, 4.69) is 32.0 Å². The summed E-state index contributed by atoms with van der Waals surface area (Å²) in [4.78, 5) is 8.81. The summed E-state index contributed by atoms with van der Waals surface area (Å²) in [5, 5.41) is 0. The lowest BCUT2D eigenvalue weighted by Crippen LogP contribution is -2.01. The van der Waals surface area contributed by atoms with Crippen LogP contribution in [0.15, 0.2) is 34.9 Å². The van der Waals surface area contributed by atoms with Crippen LogP contribution in [0.3, 0.4) is 0 Å². The van der Waals surface area contributed by atoms with Gasteiger partial charge >= 0.3 is 0 Å². The highest BCUT2D eigenvalue weighted by atomic mass is 79.9. The van der Waals surface area contributed by atoms with Crippen LogP contribution in [-0.2, 0) is 0 Å². The number of nitrogens with two attached hydrogens (primary N) is 1. The molecule has 3 aromatic rings. The summed E-state index contributed by atoms with van der Waals surface area (Å²) in [6.45, 7) is 4.05. The molecule has 5 heteroatoms. The molecule has 3 rings (SSSR count). The van der Waals surface area contributed by atoms with E-state index in [-0.39, 0.29) is 0 Å². The van der Waals surface area contributed by atoms with E-state index in [0.717, 1.165) is 32.5 Å². The van der Waals surface area contributed by atoms with Gasteiger partial charge in [0.15, 0.2) is 5.65 Å². The number of nitrogen functional groups attached to an aromatic ring is 1. The van der Waals surface area contributed by atoms with Crippen molar-refractivity contribution in [2.45, 2.75) is 13.8 Å². The number of halogens is 1. The Kier molecular flexibility index (Phi) is 2.78. The fourth-order valence-electron chi connectivity index (χ4n) is 2.13. The zero-order valence-corrected chi connectivity index (χ0v) is 12.3. The van der Waals surface area contributed by atoms with Crippen molar-refractivity contribution in [1.29, 1.82) is 0 Å². The predicted molar refractivity (Wildman–Crippen MR) is 80.5 cm³/mol. The molecule has 0 amide bonds. The average Bonchev–Trinajstić information content (AvgIpc) is 2.71. The fourth-order valence-corrected chi connectivity index (χ4v) is 2.38. The topological polar surface area (TPSA) is 56.7 Å². The molecule has 0 saturated heterocycles. The van der Waals surface area contributed by atoms with Gasteiger partial charge < -0.3 is 5.73 Å². The third-order valence-electron chi connectivity index (χ3n) is 3.17. The molecule has 0 fully saturated rings. The second kappa shape index (κ2) is 4.35. The number of nitrogens with zero attached hydrogens (tertiary/aromatic N) is 3. The summed E-state index contributed by atoms with van der Waals surface area (Å²) in [5.41, 5.74) is 10.9. The Morgan fingerprint density at radius 3 is 2.68 bits per heavy atom. The number of fused-ring (bicyclic) bond motifs is 1. The Hall–Kier alpha value is -1.88. The van der Waals surface area contributed by atoms with Crippen molar-refractivity contribution in [2.75, 3.05) is 5.73 Å². The van der Waals surface area contributed by atoms with Crippen LogP contribution in [-0.4, -0.2) is 14.5 Å². The van der Waals surface area contributed by atoms with Gasteiger partial charge in [0, 0.05) is 10.7 Å². The van der Waals surface area contributed by atoms with Gasteiger partial charge in [-0.3, -0.25) is 4.57 Å². The van der Waals surface area contributed by atoms with Crippen LogP contribution in [0.25, 0.3) is 16.9 Å². The average molecular weight is 317 g/mol. The van der Waals surface area contributed by atoms with Crippen LogP contribution in [0.2, 0.25) is 0 Å². The summed E-state index contributed by atoms with van der Waals surface area (Å²) >= 11 is 3.50. The molecule has 0 saturated carbocycles. The first-order chi connectivity index (χ1) is 9.08. The van der Waals surface area contributed by atoms with Crippen LogP contribution in [0.1, 0.15) is 11.1 Å². The number of hydrogen-bond acceptors (Lipinski definition) is 3. The number of aromatic nitrogens is 3. The molecule has 0 radical (unpaired) electrons. The molecule has 0 aliphatic carbocycles. The van der Waals surface area contributed by atoms with Crippen molar-refractivity contribution >= 4 is 33.0 Å². The lowest BCUT2D eigenvalue weighted by atomic mass is 10.2. The normalized spacial score (nSPS) is 11.1. The Morgan fingerprint density at radius 1 is 1.16 bits per heavy atom. The molecule has 2 N–H and O–H groups in total. The van der Waals surface area contributed by atoms with Gasteiger partial charge in [-0.15, -0.1) is 0 Å². The maximum absolute atomic E-state index is 6.04. The molecule has 0 bridgehead atoms. The molecular weight excluding hydrogens is 304 g/mol. The van der Waals surface area contributed by atoms with Crippen molar-refractivity contribution < 1.29 is 0 Å². The van der Waals surface area contributed by atoms with Crippen molar-refractivity contribution in [2.24, 2.45) is 0 Å². The highest BCUT2D eigenvalue weighted by Crippen LogP contribution is 2.26. The van der Waals surface area contributed by atoms with E-state index in [1.807, 2.05) is 36.6 Å². The largest absolute Gasteiger partial charge is 0.369 e. The minimum atomic E-state index is 0.457. The molecule has 2 heterocycles. The quantitative estimate of drug-likeness (QED) is 0.748. The maximum Gasteiger partial charge on any atom is 0.207 e. The Bertz CT molecular complexity index is 776. The summed E-state index contributed by atoms with van der Waals surface area (Å²) < 4.78 is 2.95. The van der Waals surface area contributed by atoms with E-state index >= 15 is 0 Å². The molecule has 0 aliphatic rings. The number of anilines is 1. The van der Waals surface area contributed by atoms with Crippen molar-refractivity contribution in [3.05, 3.63) is 46.1 Å². The van der Waals surface area contributed by atoms with Gasteiger partial charge in [0.1, 0.15) is 5.52 Å². The highest BCUT2D eigenvalue weighted by Gasteiger charge is 2.13. The minimum absolute atomic E-state index is 0.457. The highest BCUT2D eigenvalue weighted by molar-refractivity contribution is 9.10. The maximum atomic E-state index is 6.04. The van der Waals surface area contributed by atoms with Crippen molar-refractivity contribution in [1.82, 2.24) is 14.5 Å². The summed E-state index contributed by atoms with van der Waals surface area (Å²) in [6.07, 6.45) is 1.78. The van der Waals surface area contributed by atoms with Crippen molar-refractivity contribution in [3.8, 4) is 5.69 Å². The minimum Gasteiger partial charge on any atom is -0.369 e. The van der Waals surface area contributed by atoms with Gasteiger partial charge in [-0.05, 0) is 49.2 Å². The van der Waals surface area contributed by atoms with Gasteiger partial charge in [-0.25, -0.2) is 9.97 Å². The van der Waals surface area contributed by atoms with Crippen molar-refractivity contribution in [3.63, 3.8) is 0 Å². The molecule has 4 nitrogen and oxygen atoms in total. The molecule has 0 aliphatic heterocycles. The first kappa shape index (κ1) is 12.2. The summed E-state index contributed by atoms with van der Waals surface area (Å²) in [6, 6.07) is 8.00. The van der Waals surface area contributed by atoms with Gasteiger partial charge in [0.2, 0.25) is 5.95 Å². The number of imidazole rings is 1. The molecule has 0 spiro atoms. The van der Waals surface area contributed by atoms with Crippen LogP contribution in [0, 0.1) is 13.8 Å². The van der Waals surface area contributed by atoms with E-state index in [1.54, 1.807) is 6.20 Å².